The Bertz CT molecular complexity index is 966. The normalized spacial score (nSPS) is 14.5. The van der Waals surface area contributed by atoms with Crippen LogP contribution in [0.2, 0.25) is 5.02 Å². The first kappa shape index (κ1) is 18.9. The zero-order valence-corrected chi connectivity index (χ0v) is 16.9. The van der Waals surface area contributed by atoms with E-state index in [9.17, 15) is 4.79 Å². The van der Waals surface area contributed by atoms with E-state index >= 15 is 0 Å². The van der Waals surface area contributed by atoms with Gasteiger partial charge in [-0.2, -0.15) is 0 Å². The number of benzene rings is 1. The van der Waals surface area contributed by atoms with Crippen LogP contribution in [0.25, 0.3) is 11.5 Å². The van der Waals surface area contributed by atoms with Crippen LogP contribution in [-0.2, 0) is 4.79 Å². The molecule has 9 heteroatoms. The minimum atomic E-state index is 0.0584. The van der Waals surface area contributed by atoms with E-state index in [4.69, 9.17) is 20.4 Å². The molecule has 0 aliphatic carbocycles. The topological polar surface area (TPSA) is 75.6 Å². The van der Waals surface area contributed by atoms with Gasteiger partial charge in [0.1, 0.15) is 5.76 Å². The third kappa shape index (κ3) is 4.02. The fourth-order valence-corrected chi connectivity index (χ4v) is 4.02. The van der Waals surface area contributed by atoms with Gasteiger partial charge in [0.2, 0.25) is 5.91 Å². The van der Waals surface area contributed by atoms with Crippen molar-refractivity contribution in [2.75, 3.05) is 36.8 Å². The molecule has 0 N–H and O–H groups in total. The summed E-state index contributed by atoms with van der Waals surface area (Å²) in [5.41, 5.74) is 1.78. The molecule has 7 nitrogen and oxygen atoms in total. The second-order valence-corrected chi connectivity index (χ2v) is 7.71. The zero-order valence-electron chi connectivity index (χ0n) is 15.3. The lowest BCUT2D eigenvalue weighted by Gasteiger charge is -2.36. The Morgan fingerprint density at radius 2 is 1.96 bits per heavy atom. The van der Waals surface area contributed by atoms with Gasteiger partial charge in [0, 0.05) is 26.2 Å². The number of piperazine rings is 1. The Kier molecular flexibility index (Phi) is 5.59. The molecule has 0 unspecified atom stereocenters. The Labute approximate surface area is 171 Å². The summed E-state index contributed by atoms with van der Waals surface area (Å²) in [6, 6.07) is 9.55. The number of carbonyl (C=O) groups is 1. The molecule has 1 amide bonds. The van der Waals surface area contributed by atoms with E-state index in [0.717, 1.165) is 29.4 Å². The van der Waals surface area contributed by atoms with Crippen LogP contribution in [0.3, 0.4) is 0 Å². The first-order valence-corrected chi connectivity index (χ1v) is 10.3. The van der Waals surface area contributed by atoms with Crippen molar-refractivity contribution in [2.45, 2.75) is 12.1 Å². The maximum Gasteiger partial charge on any atom is 0.277 e. The number of furan rings is 1. The number of thioether (sulfide) groups is 1. The van der Waals surface area contributed by atoms with E-state index in [1.54, 1.807) is 12.3 Å². The van der Waals surface area contributed by atoms with Gasteiger partial charge in [-0.3, -0.25) is 4.79 Å². The number of anilines is 1. The SMILES string of the molecule is Cc1occc1-c1nnc(SCC(=O)N2CCN(c3ccccc3Cl)CC2)o1. The van der Waals surface area contributed by atoms with Crippen molar-refractivity contribution in [3.63, 3.8) is 0 Å². The highest BCUT2D eigenvalue weighted by Crippen LogP contribution is 2.28. The minimum Gasteiger partial charge on any atom is -0.469 e. The lowest BCUT2D eigenvalue weighted by molar-refractivity contribution is -0.128. The van der Waals surface area contributed by atoms with Crippen molar-refractivity contribution in [1.82, 2.24) is 15.1 Å². The maximum atomic E-state index is 12.5. The number of hydrogen-bond donors (Lipinski definition) is 0. The number of aryl methyl sites for hydroxylation is 1. The average molecular weight is 419 g/mol. The lowest BCUT2D eigenvalue weighted by Crippen LogP contribution is -2.49. The Balaban J connectivity index is 1.29. The third-order valence-electron chi connectivity index (χ3n) is 4.64. The number of aromatic nitrogens is 2. The van der Waals surface area contributed by atoms with Gasteiger partial charge in [0.15, 0.2) is 0 Å². The molecule has 146 valence electrons. The molecule has 0 bridgehead atoms. The summed E-state index contributed by atoms with van der Waals surface area (Å²) in [4.78, 5) is 16.6. The van der Waals surface area contributed by atoms with E-state index in [1.165, 1.54) is 11.8 Å². The highest BCUT2D eigenvalue weighted by Gasteiger charge is 2.23. The number of hydrogen-bond acceptors (Lipinski definition) is 7. The smallest absolute Gasteiger partial charge is 0.277 e. The van der Waals surface area contributed by atoms with E-state index in [-0.39, 0.29) is 11.7 Å². The molecule has 0 radical (unpaired) electrons. The van der Waals surface area contributed by atoms with Crippen LogP contribution < -0.4 is 4.90 Å². The predicted octanol–water partition coefficient (Wildman–Crippen LogP) is 3.73. The van der Waals surface area contributed by atoms with Gasteiger partial charge >= 0.3 is 0 Å². The van der Waals surface area contributed by atoms with Crippen LogP contribution in [-0.4, -0.2) is 52.9 Å². The summed E-state index contributed by atoms with van der Waals surface area (Å²) in [5.74, 6) is 1.43. The molecule has 0 saturated carbocycles. The van der Waals surface area contributed by atoms with Crippen molar-refractivity contribution in [1.29, 1.82) is 0 Å². The first-order valence-electron chi connectivity index (χ1n) is 8.90. The van der Waals surface area contributed by atoms with Crippen molar-refractivity contribution >= 4 is 35.0 Å². The van der Waals surface area contributed by atoms with Crippen LogP contribution in [0.15, 0.2) is 50.7 Å². The number of para-hydroxylation sites is 1. The van der Waals surface area contributed by atoms with Gasteiger partial charge in [0.05, 0.1) is 28.3 Å². The standard InChI is InChI=1S/C19H19ClN4O3S/c1-13-14(6-11-26-13)18-21-22-19(27-18)28-12-17(25)24-9-7-23(8-10-24)16-5-3-2-4-15(16)20/h2-6,11H,7-10,12H2,1H3. The summed E-state index contributed by atoms with van der Waals surface area (Å²) >= 11 is 7.52. The molecule has 1 aliphatic heterocycles. The summed E-state index contributed by atoms with van der Waals surface area (Å²) in [6.45, 7) is 4.66. The number of halogens is 1. The van der Waals surface area contributed by atoms with Crippen LogP contribution in [0.4, 0.5) is 5.69 Å². The molecule has 4 rings (SSSR count). The van der Waals surface area contributed by atoms with E-state index < -0.39 is 0 Å². The van der Waals surface area contributed by atoms with Crippen LogP contribution >= 0.6 is 23.4 Å². The van der Waals surface area contributed by atoms with E-state index in [1.807, 2.05) is 36.1 Å². The Hall–Kier alpha value is -2.45. The molecule has 2 aromatic heterocycles. The molecule has 1 saturated heterocycles. The fraction of sp³-hybridized carbons (Fsp3) is 0.316. The Morgan fingerprint density at radius 3 is 2.68 bits per heavy atom. The number of carbonyl (C=O) groups excluding carboxylic acids is 1. The molecular weight excluding hydrogens is 400 g/mol. The summed E-state index contributed by atoms with van der Waals surface area (Å²) in [6.07, 6.45) is 1.58. The first-order chi connectivity index (χ1) is 13.6. The molecule has 3 aromatic rings. The van der Waals surface area contributed by atoms with Crippen molar-refractivity contribution in [2.24, 2.45) is 0 Å². The molecule has 28 heavy (non-hydrogen) atoms. The predicted molar refractivity (Wildman–Crippen MR) is 108 cm³/mol. The molecule has 0 atom stereocenters. The zero-order chi connectivity index (χ0) is 19.5. The van der Waals surface area contributed by atoms with E-state index in [2.05, 4.69) is 15.1 Å². The lowest BCUT2D eigenvalue weighted by atomic mass is 10.2. The second kappa shape index (κ2) is 8.28. The molecule has 1 aliphatic rings. The average Bonchev–Trinajstić information content (AvgIpc) is 3.35. The van der Waals surface area contributed by atoms with Crippen molar-refractivity contribution < 1.29 is 13.6 Å². The van der Waals surface area contributed by atoms with Crippen LogP contribution in [0.5, 0.6) is 0 Å². The highest BCUT2D eigenvalue weighted by molar-refractivity contribution is 7.99. The quantitative estimate of drug-likeness (QED) is 0.584. The number of rotatable bonds is 5. The molecule has 1 fully saturated rings. The van der Waals surface area contributed by atoms with Crippen molar-refractivity contribution in [3.8, 4) is 11.5 Å². The minimum absolute atomic E-state index is 0.0584. The van der Waals surface area contributed by atoms with Gasteiger partial charge in [-0.05, 0) is 25.1 Å². The van der Waals surface area contributed by atoms with Gasteiger partial charge in [0.25, 0.3) is 11.1 Å². The maximum absolute atomic E-state index is 12.5. The van der Waals surface area contributed by atoms with Gasteiger partial charge < -0.3 is 18.6 Å². The van der Waals surface area contributed by atoms with E-state index in [0.29, 0.717) is 30.0 Å². The van der Waals surface area contributed by atoms with Gasteiger partial charge in [-0.1, -0.05) is 35.5 Å². The summed E-state index contributed by atoms with van der Waals surface area (Å²) in [5, 5.41) is 9.13. The third-order valence-corrected chi connectivity index (χ3v) is 5.76. The van der Waals surface area contributed by atoms with Gasteiger partial charge in [-0.25, -0.2) is 0 Å². The van der Waals surface area contributed by atoms with Crippen LogP contribution in [0.1, 0.15) is 5.76 Å². The van der Waals surface area contributed by atoms with Gasteiger partial charge in [-0.15, -0.1) is 10.2 Å². The number of nitrogens with zero attached hydrogens (tertiary/aromatic N) is 4. The van der Waals surface area contributed by atoms with Crippen molar-refractivity contribution in [3.05, 3.63) is 47.4 Å². The fourth-order valence-electron chi connectivity index (χ4n) is 3.10. The molecule has 0 spiro atoms. The summed E-state index contributed by atoms with van der Waals surface area (Å²) in [7, 11) is 0. The summed E-state index contributed by atoms with van der Waals surface area (Å²) < 4.78 is 10.9. The monoisotopic (exact) mass is 418 g/mol. The number of amides is 1. The Morgan fingerprint density at radius 1 is 1.18 bits per heavy atom. The molecule has 1 aromatic carbocycles. The molecular formula is C19H19ClN4O3S. The van der Waals surface area contributed by atoms with Crippen LogP contribution in [0, 0.1) is 6.92 Å². The largest absolute Gasteiger partial charge is 0.469 e. The second-order valence-electron chi connectivity index (χ2n) is 6.37. The highest BCUT2D eigenvalue weighted by atomic mass is 35.5. The molecule has 3 heterocycles.